The molecule has 2 heterocycles. The Morgan fingerprint density at radius 1 is 1.09 bits per heavy atom. The van der Waals surface area contributed by atoms with Crippen molar-refractivity contribution in [1.29, 1.82) is 0 Å². The van der Waals surface area contributed by atoms with Crippen LogP contribution in [0.5, 0.6) is 0 Å². The van der Waals surface area contributed by atoms with Crippen molar-refractivity contribution in [2.45, 2.75) is 24.9 Å². The summed E-state index contributed by atoms with van der Waals surface area (Å²) in [5.41, 5.74) is 2.10. The first-order valence-corrected chi connectivity index (χ1v) is 11.7. The van der Waals surface area contributed by atoms with Crippen molar-refractivity contribution < 1.29 is 13.6 Å². The lowest BCUT2D eigenvalue weighted by atomic mass is 9.84. The molecule has 1 atom stereocenters. The summed E-state index contributed by atoms with van der Waals surface area (Å²) in [5.74, 6) is -1.01. The Hall–Kier alpha value is -3.58. The number of amides is 2. The minimum Gasteiger partial charge on any atom is -0.331 e. The number of nitrogens with one attached hydrogen (secondary N) is 1. The summed E-state index contributed by atoms with van der Waals surface area (Å²) >= 11 is 0. The first-order valence-electron chi connectivity index (χ1n) is 11.7. The van der Waals surface area contributed by atoms with Crippen molar-refractivity contribution in [2.75, 3.05) is 27.2 Å². The Bertz CT molecular complexity index is 1180. The minimum absolute atomic E-state index is 0.179. The lowest BCUT2D eigenvalue weighted by Gasteiger charge is -2.40. The normalized spacial score (nSPS) is 17.4. The highest BCUT2D eigenvalue weighted by atomic mass is 19.1. The monoisotopic (exact) mass is 476 g/mol. The van der Waals surface area contributed by atoms with Crippen molar-refractivity contribution in [1.82, 2.24) is 20.1 Å². The van der Waals surface area contributed by atoms with Crippen molar-refractivity contribution in [3.8, 4) is 0 Å². The van der Waals surface area contributed by atoms with Crippen molar-refractivity contribution >= 4 is 11.6 Å². The number of aromatic nitrogens is 1. The van der Waals surface area contributed by atoms with Gasteiger partial charge < -0.3 is 15.1 Å². The SMILES string of the molecule is CN(C)C(=O)N1CC(c2cc(F)ccc2F)=CC1(CCCNCc1ccncc1)c1ccccc1. The van der Waals surface area contributed by atoms with Gasteiger partial charge in [-0.2, -0.15) is 0 Å². The molecule has 0 bridgehead atoms. The molecule has 182 valence electrons. The lowest BCUT2D eigenvalue weighted by Crippen LogP contribution is -2.49. The van der Waals surface area contributed by atoms with Crippen LogP contribution >= 0.6 is 0 Å². The molecule has 3 aromatic rings. The van der Waals surface area contributed by atoms with Crippen molar-refractivity contribution in [3.63, 3.8) is 0 Å². The van der Waals surface area contributed by atoms with Gasteiger partial charge in [0, 0.05) is 45.1 Å². The molecule has 7 heteroatoms. The molecule has 0 fully saturated rings. The van der Waals surface area contributed by atoms with E-state index in [0.29, 0.717) is 12.0 Å². The van der Waals surface area contributed by atoms with Crippen LogP contribution in [0.15, 0.2) is 79.1 Å². The highest BCUT2D eigenvalue weighted by molar-refractivity contribution is 5.83. The van der Waals surface area contributed by atoms with E-state index in [1.807, 2.05) is 48.5 Å². The summed E-state index contributed by atoms with van der Waals surface area (Å²) < 4.78 is 28.8. The molecule has 35 heavy (non-hydrogen) atoms. The van der Waals surface area contributed by atoms with Crippen molar-refractivity contribution in [2.24, 2.45) is 0 Å². The van der Waals surface area contributed by atoms with E-state index in [0.717, 1.165) is 42.8 Å². The molecule has 1 N–H and O–H groups in total. The van der Waals surface area contributed by atoms with E-state index in [2.05, 4.69) is 10.3 Å². The summed E-state index contributed by atoms with van der Waals surface area (Å²) in [6.07, 6.45) is 6.88. The maximum Gasteiger partial charge on any atom is 0.320 e. The van der Waals surface area contributed by atoms with Crippen LogP contribution in [0, 0.1) is 11.6 Å². The van der Waals surface area contributed by atoms with Gasteiger partial charge in [-0.25, -0.2) is 13.6 Å². The van der Waals surface area contributed by atoms with Gasteiger partial charge in [0.05, 0.1) is 5.54 Å². The van der Waals surface area contributed by atoms with E-state index >= 15 is 0 Å². The molecular formula is C28H30F2N4O. The van der Waals surface area contributed by atoms with Gasteiger partial charge >= 0.3 is 6.03 Å². The van der Waals surface area contributed by atoms with Gasteiger partial charge in [-0.3, -0.25) is 4.98 Å². The first-order chi connectivity index (χ1) is 16.9. The third-order valence-electron chi connectivity index (χ3n) is 6.37. The third kappa shape index (κ3) is 5.41. The summed E-state index contributed by atoms with van der Waals surface area (Å²) in [4.78, 5) is 20.7. The standard InChI is InChI=1S/C28H30F2N4O/c1-33(2)27(35)34-20-22(25-17-24(29)9-10-26(25)30)18-28(34,23-7-4-3-5-8-23)13-6-14-32-19-21-11-15-31-16-12-21/h3-5,7-12,15-18,32H,6,13-14,19-20H2,1-2H3. The second-order valence-corrected chi connectivity index (χ2v) is 8.98. The molecule has 2 aromatic carbocycles. The fourth-order valence-electron chi connectivity index (χ4n) is 4.64. The van der Waals surface area contributed by atoms with E-state index < -0.39 is 17.2 Å². The van der Waals surface area contributed by atoms with Gasteiger partial charge in [-0.1, -0.05) is 30.3 Å². The van der Waals surface area contributed by atoms with Gasteiger partial charge in [0.15, 0.2) is 0 Å². The number of carbonyl (C=O) groups excluding carboxylic acids is 1. The van der Waals surface area contributed by atoms with Crippen LogP contribution in [0.3, 0.4) is 0 Å². The molecule has 4 rings (SSSR count). The molecule has 0 aliphatic carbocycles. The molecule has 0 saturated heterocycles. The predicted octanol–water partition coefficient (Wildman–Crippen LogP) is 5.21. The second kappa shape index (κ2) is 10.8. The Balaban J connectivity index is 1.66. The zero-order valence-electron chi connectivity index (χ0n) is 20.0. The predicted molar refractivity (Wildman–Crippen MR) is 133 cm³/mol. The number of pyridine rings is 1. The maximum atomic E-state index is 14.7. The zero-order valence-corrected chi connectivity index (χ0v) is 20.0. The molecular weight excluding hydrogens is 446 g/mol. The van der Waals surface area contributed by atoms with Crippen LogP contribution < -0.4 is 5.32 Å². The number of benzene rings is 2. The van der Waals surface area contributed by atoms with Crippen LogP contribution in [0.25, 0.3) is 5.57 Å². The number of hydrogen-bond donors (Lipinski definition) is 1. The maximum absolute atomic E-state index is 14.7. The van der Waals surface area contributed by atoms with E-state index in [1.54, 1.807) is 31.4 Å². The largest absolute Gasteiger partial charge is 0.331 e. The molecule has 0 spiro atoms. The molecule has 0 saturated carbocycles. The van der Waals surface area contributed by atoms with Gasteiger partial charge in [0.25, 0.3) is 0 Å². The third-order valence-corrected chi connectivity index (χ3v) is 6.37. The summed E-state index contributed by atoms with van der Waals surface area (Å²) in [7, 11) is 3.41. The second-order valence-electron chi connectivity index (χ2n) is 8.98. The fourth-order valence-corrected chi connectivity index (χ4v) is 4.64. The average molecular weight is 477 g/mol. The number of urea groups is 1. The number of halogens is 2. The number of carbonyl (C=O) groups is 1. The van der Waals surface area contributed by atoms with Crippen LogP contribution in [0.4, 0.5) is 13.6 Å². The molecule has 1 unspecified atom stereocenters. The Kier molecular flexibility index (Phi) is 7.56. The fraction of sp³-hybridized carbons (Fsp3) is 0.286. The van der Waals surface area contributed by atoms with Crippen LogP contribution in [0.2, 0.25) is 0 Å². The summed E-state index contributed by atoms with van der Waals surface area (Å²) in [5, 5.41) is 3.45. The summed E-state index contributed by atoms with van der Waals surface area (Å²) in [6, 6.07) is 17.0. The lowest BCUT2D eigenvalue weighted by molar-refractivity contribution is 0.130. The van der Waals surface area contributed by atoms with Crippen LogP contribution in [-0.4, -0.2) is 48.0 Å². The molecule has 0 radical (unpaired) electrons. The first kappa shape index (κ1) is 24.5. The van der Waals surface area contributed by atoms with Gasteiger partial charge in [0.1, 0.15) is 11.6 Å². The van der Waals surface area contributed by atoms with Crippen LogP contribution in [-0.2, 0) is 12.1 Å². The number of rotatable bonds is 8. The topological polar surface area (TPSA) is 48.5 Å². The van der Waals surface area contributed by atoms with Gasteiger partial charge in [0.2, 0.25) is 0 Å². The smallest absolute Gasteiger partial charge is 0.320 e. The average Bonchev–Trinajstić information content (AvgIpc) is 3.26. The van der Waals surface area contributed by atoms with E-state index in [-0.39, 0.29) is 18.1 Å². The highest BCUT2D eigenvalue weighted by Crippen LogP contribution is 2.44. The number of hydrogen-bond acceptors (Lipinski definition) is 3. The van der Waals surface area contributed by atoms with E-state index in [9.17, 15) is 13.6 Å². The Morgan fingerprint density at radius 3 is 2.54 bits per heavy atom. The number of nitrogens with zero attached hydrogens (tertiary/aromatic N) is 3. The molecule has 1 aliphatic rings. The summed E-state index contributed by atoms with van der Waals surface area (Å²) in [6.45, 7) is 1.64. The Labute approximate surface area is 205 Å². The van der Waals surface area contributed by atoms with Crippen molar-refractivity contribution in [3.05, 3.63) is 107 Å². The molecule has 5 nitrogen and oxygen atoms in total. The minimum atomic E-state index is -0.783. The van der Waals surface area contributed by atoms with Gasteiger partial charge in [-0.15, -0.1) is 0 Å². The Morgan fingerprint density at radius 2 is 1.83 bits per heavy atom. The quantitative estimate of drug-likeness (QED) is 0.455. The van der Waals surface area contributed by atoms with Gasteiger partial charge in [-0.05, 0) is 72.5 Å². The highest BCUT2D eigenvalue weighted by Gasteiger charge is 2.45. The molecule has 2 amide bonds. The molecule has 1 aromatic heterocycles. The van der Waals surface area contributed by atoms with E-state index in [4.69, 9.17) is 0 Å². The molecule has 1 aliphatic heterocycles. The van der Waals surface area contributed by atoms with E-state index in [1.165, 1.54) is 11.0 Å². The zero-order chi connectivity index (χ0) is 24.8. The van der Waals surface area contributed by atoms with Crippen LogP contribution in [0.1, 0.15) is 29.5 Å².